The highest BCUT2D eigenvalue weighted by Crippen LogP contribution is 2.19. The number of hydrogen-bond acceptors (Lipinski definition) is 5. The van der Waals surface area contributed by atoms with Crippen LogP contribution in [0.5, 0.6) is 0 Å². The van der Waals surface area contributed by atoms with Crippen LogP contribution in [0, 0.1) is 0 Å². The Morgan fingerprint density at radius 3 is 2.57 bits per heavy atom. The molecule has 7 nitrogen and oxygen atoms in total. The number of nitrogens with zero attached hydrogens (tertiary/aromatic N) is 1. The summed E-state index contributed by atoms with van der Waals surface area (Å²) in [6.07, 6.45) is 0.244. The van der Waals surface area contributed by atoms with Gasteiger partial charge in [-0.05, 0) is 30.7 Å². The summed E-state index contributed by atoms with van der Waals surface area (Å²) in [6, 6.07) is 12.4. The largest absolute Gasteiger partial charge is 0.480 e. The number of benzene rings is 2. The van der Waals surface area contributed by atoms with Crippen molar-refractivity contribution in [2.24, 2.45) is 0 Å². The molecule has 0 aliphatic rings. The number of amides is 2. The van der Waals surface area contributed by atoms with Crippen molar-refractivity contribution in [1.82, 2.24) is 15.6 Å². The lowest BCUT2D eigenvalue weighted by Crippen LogP contribution is -2.51. The first-order valence-corrected chi connectivity index (χ1v) is 9.53. The van der Waals surface area contributed by atoms with Crippen molar-refractivity contribution >= 4 is 39.3 Å². The van der Waals surface area contributed by atoms with E-state index in [9.17, 15) is 14.4 Å². The van der Waals surface area contributed by atoms with Crippen molar-refractivity contribution in [2.75, 3.05) is 0 Å². The van der Waals surface area contributed by atoms with Crippen LogP contribution in [0.25, 0.3) is 10.2 Å². The zero-order chi connectivity index (χ0) is 20.1. The SMILES string of the molecule is CC(NC(=O)C(Cc1ccccc1)NC(=O)c1ccc2ncsc2c1)C(=O)O. The van der Waals surface area contributed by atoms with Crippen molar-refractivity contribution in [2.45, 2.75) is 25.4 Å². The third kappa shape index (κ3) is 4.72. The minimum absolute atomic E-state index is 0.244. The molecule has 0 radical (unpaired) electrons. The lowest BCUT2D eigenvalue weighted by Gasteiger charge is -2.20. The summed E-state index contributed by atoms with van der Waals surface area (Å²) in [4.78, 5) is 40.5. The van der Waals surface area contributed by atoms with E-state index in [0.29, 0.717) is 5.56 Å². The van der Waals surface area contributed by atoms with Crippen LogP contribution in [-0.2, 0) is 16.0 Å². The van der Waals surface area contributed by atoms with E-state index in [2.05, 4.69) is 15.6 Å². The van der Waals surface area contributed by atoms with Crippen molar-refractivity contribution in [3.05, 3.63) is 65.2 Å². The third-order valence-corrected chi connectivity index (χ3v) is 5.02. The number of aliphatic carboxylic acids is 1. The Kier molecular flexibility index (Phi) is 6.00. The minimum Gasteiger partial charge on any atom is -0.480 e. The van der Waals surface area contributed by atoms with Crippen LogP contribution in [0.4, 0.5) is 0 Å². The molecule has 1 heterocycles. The van der Waals surface area contributed by atoms with Gasteiger partial charge in [0.1, 0.15) is 12.1 Å². The number of hydrogen-bond donors (Lipinski definition) is 3. The van der Waals surface area contributed by atoms with E-state index < -0.39 is 29.9 Å². The Hall–Kier alpha value is -3.26. The number of rotatable bonds is 7. The first-order chi connectivity index (χ1) is 13.4. The smallest absolute Gasteiger partial charge is 0.325 e. The highest BCUT2D eigenvalue weighted by Gasteiger charge is 2.25. The van der Waals surface area contributed by atoms with Gasteiger partial charge in [0.25, 0.3) is 5.91 Å². The maximum absolute atomic E-state index is 12.7. The van der Waals surface area contributed by atoms with Crippen LogP contribution in [-0.4, -0.2) is 40.0 Å². The monoisotopic (exact) mass is 397 g/mol. The Morgan fingerprint density at radius 1 is 1.11 bits per heavy atom. The number of thiazole rings is 1. The average molecular weight is 397 g/mol. The summed E-state index contributed by atoms with van der Waals surface area (Å²) in [5.74, 6) is -2.10. The van der Waals surface area contributed by atoms with Gasteiger partial charge < -0.3 is 15.7 Å². The van der Waals surface area contributed by atoms with Crippen LogP contribution in [0.1, 0.15) is 22.8 Å². The molecule has 0 saturated heterocycles. The van der Waals surface area contributed by atoms with Gasteiger partial charge in [-0.3, -0.25) is 14.4 Å². The van der Waals surface area contributed by atoms with Gasteiger partial charge in [0, 0.05) is 12.0 Å². The molecule has 3 aromatic rings. The highest BCUT2D eigenvalue weighted by molar-refractivity contribution is 7.16. The number of carbonyl (C=O) groups is 3. The van der Waals surface area contributed by atoms with Crippen LogP contribution in [0.15, 0.2) is 54.0 Å². The molecule has 28 heavy (non-hydrogen) atoms. The van der Waals surface area contributed by atoms with Crippen LogP contribution in [0.3, 0.4) is 0 Å². The summed E-state index contributed by atoms with van der Waals surface area (Å²) < 4.78 is 0.871. The Morgan fingerprint density at radius 2 is 1.86 bits per heavy atom. The number of aromatic nitrogens is 1. The fraction of sp³-hybridized carbons (Fsp3) is 0.200. The number of nitrogens with one attached hydrogen (secondary N) is 2. The molecule has 2 amide bonds. The molecule has 8 heteroatoms. The summed E-state index contributed by atoms with van der Waals surface area (Å²) in [7, 11) is 0. The number of carboxylic acids is 1. The Bertz CT molecular complexity index is 1000. The second-order valence-electron chi connectivity index (χ2n) is 6.32. The van der Waals surface area contributed by atoms with E-state index in [1.165, 1.54) is 18.3 Å². The van der Waals surface area contributed by atoms with Crippen LogP contribution >= 0.6 is 11.3 Å². The van der Waals surface area contributed by atoms with Gasteiger partial charge in [0.15, 0.2) is 0 Å². The van der Waals surface area contributed by atoms with Crippen molar-refractivity contribution in [1.29, 1.82) is 0 Å². The lowest BCUT2D eigenvalue weighted by atomic mass is 10.0. The summed E-state index contributed by atoms with van der Waals surface area (Å²) in [6.45, 7) is 1.37. The van der Waals surface area contributed by atoms with E-state index >= 15 is 0 Å². The molecule has 0 aliphatic carbocycles. The maximum atomic E-state index is 12.7. The normalized spacial score (nSPS) is 12.9. The molecular formula is C20H19N3O4S. The molecule has 0 fully saturated rings. The fourth-order valence-electron chi connectivity index (χ4n) is 2.67. The van der Waals surface area contributed by atoms with Crippen LogP contribution in [0.2, 0.25) is 0 Å². The quantitative estimate of drug-likeness (QED) is 0.567. The highest BCUT2D eigenvalue weighted by atomic mass is 32.1. The summed E-state index contributed by atoms with van der Waals surface area (Å²) in [5.41, 5.74) is 3.76. The van der Waals surface area contributed by atoms with E-state index in [0.717, 1.165) is 15.8 Å². The van der Waals surface area contributed by atoms with Crippen molar-refractivity contribution < 1.29 is 19.5 Å². The predicted octanol–water partition coefficient (Wildman–Crippen LogP) is 2.23. The zero-order valence-electron chi connectivity index (χ0n) is 15.1. The zero-order valence-corrected chi connectivity index (χ0v) is 15.9. The van der Waals surface area contributed by atoms with Gasteiger partial charge in [-0.1, -0.05) is 30.3 Å². The first-order valence-electron chi connectivity index (χ1n) is 8.65. The van der Waals surface area contributed by atoms with E-state index in [4.69, 9.17) is 5.11 Å². The second kappa shape index (κ2) is 8.62. The molecule has 0 aliphatic heterocycles. The average Bonchev–Trinajstić information content (AvgIpc) is 3.15. The van der Waals surface area contributed by atoms with Crippen molar-refractivity contribution in [3.63, 3.8) is 0 Å². The van der Waals surface area contributed by atoms with Crippen molar-refractivity contribution in [3.8, 4) is 0 Å². The molecule has 144 valence electrons. The van der Waals surface area contributed by atoms with Gasteiger partial charge in [-0.2, -0.15) is 0 Å². The molecule has 0 bridgehead atoms. The number of fused-ring (bicyclic) bond motifs is 1. The standard InChI is InChI=1S/C20H19N3O4S/c1-12(20(26)27)22-19(25)16(9-13-5-3-2-4-6-13)23-18(24)14-7-8-15-17(10-14)28-11-21-15/h2-8,10-12,16H,9H2,1H3,(H,22,25)(H,23,24)(H,26,27). The third-order valence-electron chi connectivity index (χ3n) is 4.23. The van der Waals surface area contributed by atoms with E-state index in [1.54, 1.807) is 23.7 Å². The first kappa shape index (κ1) is 19.5. The molecule has 2 unspecified atom stereocenters. The minimum atomic E-state index is -1.14. The fourth-order valence-corrected chi connectivity index (χ4v) is 3.39. The Balaban J connectivity index is 1.79. The van der Waals surface area contributed by atoms with Gasteiger partial charge in [-0.15, -0.1) is 11.3 Å². The molecular weight excluding hydrogens is 378 g/mol. The molecule has 1 aromatic heterocycles. The topological polar surface area (TPSA) is 108 Å². The molecule has 2 aromatic carbocycles. The summed E-state index contributed by atoms with van der Waals surface area (Å²) >= 11 is 1.42. The molecule has 0 spiro atoms. The van der Waals surface area contributed by atoms with E-state index in [-0.39, 0.29) is 6.42 Å². The van der Waals surface area contributed by atoms with Gasteiger partial charge in [0.2, 0.25) is 5.91 Å². The van der Waals surface area contributed by atoms with E-state index in [1.807, 2.05) is 30.3 Å². The lowest BCUT2D eigenvalue weighted by molar-refractivity contribution is -0.141. The molecule has 0 saturated carbocycles. The van der Waals surface area contributed by atoms with Gasteiger partial charge in [-0.25, -0.2) is 4.98 Å². The van der Waals surface area contributed by atoms with Gasteiger partial charge in [0.05, 0.1) is 15.7 Å². The number of carbonyl (C=O) groups excluding carboxylic acids is 2. The molecule has 3 N–H and O–H groups in total. The number of carboxylic acid groups (broad SMARTS) is 1. The van der Waals surface area contributed by atoms with Gasteiger partial charge >= 0.3 is 5.97 Å². The molecule has 2 atom stereocenters. The molecule has 3 rings (SSSR count). The summed E-state index contributed by atoms with van der Waals surface area (Å²) in [5, 5.41) is 14.2. The van der Waals surface area contributed by atoms with Crippen LogP contribution < -0.4 is 10.6 Å². The second-order valence-corrected chi connectivity index (χ2v) is 7.21. The Labute approximate surface area is 165 Å². The maximum Gasteiger partial charge on any atom is 0.325 e. The predicted molar refractivity (Wildman–Crippen MR) is 106 cm³/mol.